The monoisotopic (exact) mass is 476 g/mol. The third-order valence-electron chi connectivity index (χ3n) is 6.43. The average molecular weight is 477 g/mol. The molecule has 0 radical (unpaired) electrons. The largest absolute Gasteiger partial charge is 0.497 e. The number of methoxy groups -OCH3 is 1. The number of nitrogens with zero attached hydrogens (tertiary/aromatic N) is 1. The number of nitro groups is 1. The highest BCUT2D eigenvalue weighted by molar-refractivity contribution is 6.04. The Morgan fingerprint density at radius 1 is 1.11 bits per heavy atom. The number of benzene rings is 2. The molecule has 1 N–H and O–H groups in total. The molecule has 1 aliphatic carbocycles. The highest BCUT2D eigenvalue weighted by Gasteiger charge is 2.43. The third-order valence-corrected chi connectivity index (χ3v) is 6.43. The average Bonchev–Trinajstić information content (AvgIpc) is 2.81. The van der Waals surface area contributed by atoms with E-state index in [1.807, 2.05) is 26.0 Å². The summed E-state index contributed by atoms with van der Waals surface area (Å²) >= 11 is 0. The van der Waals surface area contributed by atoms with Gasteiger partial charge in [0.25, 0.3) is 5.69 Å². The van der Waals surface area contributed by atoms with Crippen LogP contribution in [0.25, 0.3) is 0 Å². The Morgan fingerprint density at radius 2 is 1.77 bits per heavy atom. The zero-order valence-corrected chi connectivity index (χ0v) is 20.2. The van der Waals surface area contributed by atoms with Crippen molar-refractivity contribution >= 4 is 17.4 Å². The van der Waals surface area contributed by atoms with Gasteiger partial charge in [-0.15, -0.1) is 0 Å². The molecule has 0 spiro atoms. The second-order valence-corrected chi connectivity index (χ2v) is 9.70. The molecule has 2 aromatic carbocycles. The van der Waals surface area contributed by atoms with E-state index < -0.39 is 16.8 Å². The van der Waals surface area contributed by atoms with E-state index in [9.17, 15) is 19.7 Å². The molecule has 1 aliphatic heterocycles. The molecule has 8 nitrogen and oxygen atoms in total. The predicted octanol–water partition coefficient (Wildman–Crippen LogP) is 4.95. The van der Waals surface area contributed by atoms with Gasteiger partial charge in [-0.2, -0.15) is 0 Å². The van der Waals surface area contributed by atoms with Crippen molar-refractivity contribution in [2.45, 2.75) is 46.1 Å². The molecule has 2 aliphatic rings. The van der Waals surface area contributed by atoms with Crippen LogP contribution in [0.2, 0.25) is 0 Å². The molecule has 1 atom stereocenters. The Bertz CT molecular complexity index is 1240. The maximum Gasteiger partial charge on any atom is 0.337 e. The summed E-state index contributed by atoms with van der Waals surface area (Å²) in [7, 11) is 1.58. The molecule has 0 fully saturated rings. The Hall–Kier alpha value is -3.94. The van der Waals surface area contributed by atoms with E-state index in [1.54, 1.807) is 38.3 Å². The molecule has 0 amide bonds. The van der Waals surface area contributed by atoms with Crippen molar-refractivity contribution in [1.82, 2.24) is 5.32 Å². The lowest BCUT2D eigenvalue weighted by Gasteiger charge is -2.39. The van der Waals surface area contributed by atoms with Crippen LogP contribution in [0.4, 0.5) is 5.69 Å². The van der Waals surface area contributed by atoms with Crippen LogP contribution in [0, 0.1) is 15.5 Å². The van der Waals surface area contributed by atoms with Crippen LogP contribution in [0.5, 0.6) is 5.75 Å². The van der Waals surface area contributed by atoms with Gasteiger partial charge in [0.05, 0.1) is 17.6 Å². The van der Waals surface area contributed by atoms with Crippen molar-refractivity contribution in [2.75, 3.05) is 7.11 Å². The van der Waals surface area contributed by atoms with Gasteiger partial charge in [-0.05, 0) is 42.0 Å². The van der Waals surface area contributed by atoms with Crippen LogP contribution in [-0.2, 0) is 20.9 Å². The number of carbonyl (C=O) groups excluding carboxylic acids is 2. The minimum atomic E-state index is -0.668. The number of hydrogen-bond acceptors (Lipinski definition) is 7. The molecule has 2 aromatic rings. The van der Waals surface area contributed by atoms with E-state index in [0.717, 1.165) is 11.3 Å². The molecule has 0 unspecified atom stereocenters. The van der Waals surface area contributed by atoms with Gasteiger partial charge < -0.3 is 14.8 Å². The second kappa shape index (κ2) is 9.37. The number of nitrogens with one attached hydrogen (secondary N) is 1. The van der Waals surface area contributed by atoms with Crippen molar-refractivity contribution in [3.63, 3.8) is 0 Å². The van der Waals surface area contributed by atoms with Gasteiger partial charge >= 0.3 is 5.97 Å². The number of rotatable bonds is 6. The molecular formula is C27H28N2O6. The van der Waals surface area contributed by atoms with E-state index in [-0.39, 0.29) is 23.5 Å². The molecule has 1 heterocycles. The molecular weight excluding hydrogens is 448 g/mol. The number of carbonyl (C=O) groups is 2. The fourth-order valence-electron chi connectivity index (χ4n) is 4.78. The van der Waals surface area contributed by atoms with Crippen LogP contribution in [-0.4, -0.2) is 23.8 Å². The molecule has 0 bridgehead atoms. The summed E-state index contributed by atoms with van der Waals surface area (Å²) in [5.41, 5.74) is 3.42. The molecule has 0 aromatic heterocycles. The van der Waals surface area contributed by atoms with Crippen molar-refractivity contribution in [1.29, 1.82) is 0 Å². The molecule has 0 saturated carbocycles. The quantitative estimate of drug-likeness (QED) is 0.357. The number of ketones is 1. The van der Waals surface area contributed by atoms with E-state index in [1.165, 1.54) is 12.1 Å². The van der Waals surface area contributed by atoms with Gasteiger partial charge in [-0.25, -0.2) is 4.79 Å². The standard InChI is InChI=1S/C27H28N2O6/c1-16-23(26(31)35-15-17-5-11-20(34-4)12-6-17)24(18-7-9-19(10-8-18)29(32)33)25-21(28-16)13-27(2,3)14-22(25)30/h5-12,24,28H,13-15H2,1-4H3/t24-/m0/s1. The topological polar surface area (TPSA) is 108 Å². The van der Waals surface area contributed by atoms with Crippen LogP contribution < -0.4 is 10.1 Å². The second-order valence-electron chi connectivity index (χ2n) is 9.70. The number of allylic oxidation sites excluding steroid dienone is 3. The Labute approximate surface area is 203 Å². The van der Waals surface area contributed by atoms with Crippen LogP contribution in [0.15, 0.2) is 71.1 Å². The number of Topliss-reactive ketones (excluding diaryl/α,β-unsaturated/α-hetero) is 1. The molecule has 35 heavy (non-hydrogen) atoms. The lowest BCUT2D eigenvalue weighted by Crippen LogP contribution is -2.38. The Kier molecular flexibility index (Phi) is 6.47. The SMILES string of the molecule is COc1ccc(COC(=O)C2=C(C)NC3=C(C(=O)CC(C)(C)C3)[C@H]2c2ccc([N+](=O)[O-])cc2)cc1. The number of hydrogen-bond donors (Lipinski definition) is 1. The molecule has 8 heteroatoms. The summed E-state index contributed by atoms with van der Waals surface area (Å²) in [5, 5.41) is 14.5. The van der Waals surface area contributed by atoms with Crippen LogP contribution >= 0.6 is 0 Å². The first kappa shape index (κ1) is 24.2. The molecule has 4 rings (SSSR count). The predicted molar refractivity (Wildman–Crippen MR) is 130 cm³/mol. The summed E-state index contributed by atoms with van der Waals surface area (Å²) < 4.78 is 10.8. The van der Waals surface area contributed by atoms with Crippen molar-refractivity contribution < 1.29 is 24.0 Å². The van der Waals surface area contributed by atoms with Crippen molar-refractivity contribution in [3.05, 3.63) is 92.3 Å². The Morgan fingerprint density at radius 3 is 2.37 bits per heavy atom. The first-order valence-electron chi connectivity index (χ1n) is 11.4. The van der Waals surface area contributed by atoms with Gasteiger partial charge in [0.2, 0.25) is 0 Å². The minimum absolute atomic E-state index is 0.0416. The fraction of sp³-hybridized carbons (Fsp3) is 0.333. The zero-order chi connectivity index (χ0) is 25.3. The normalized spacial score (nSPS) is 19.1. The number of non-ortho nitro benzene ring substituents is 1. The van der Waals surface area contributed by atoms with E-state index in [4.69, 9.17) is 9.47 Å². The maximum absolute atomic E-state index is 13.4. The summed E-state index contributed by atoms with van der Waals surface area (Å²) in [4.78, 5) is 37.4. The van der Waals surface area contributed by atoms with Gasteiger partial charge in [-0.1, -0.05) is 38.1 Å². The van der Waals surface area contributed by atoms with Gasteiger partial charge in [-0.3, -0.25) is 14.9 Å². The summed E-state index contributed by atoms with van der Waals surface area (Å²) in [6.45, 7) is 5.92. The number of dihydropyridines is 1. The number of ether oxygens (including phenoxy) is 2. The smallest absolute Gasteiger partial charge is 0.337 e. The van der Waals surface area contributed by atoms with E-state index >= 15 is 0 Å². The molecule has 182 valence electrons. The number of nitro benzene ring substituents is 1. The third kappa shape index (κ3) is 4.96. The number of esters is 1. The van der Waals surface area contributed by atoms with Gasteiger partial charge in [0, 0.05) is 41.4 Å². The summed E-state index contributed by atoms with van der Waals surface area (Å²) in [5.74, 6) is -0.552. The highest BCUT2D eigenvalue weighted by atomic mass is 16.6. The minimum Gasteiger partial charge on any atom is -0.497 e. The van der Waals surface area contributed by atoms with Crippen LogP contribution in [0.3, 0.4) is 0 Å². The van der Waals surface area contributed by atoms with E-state index in [2.05, 4.69) is 5.32 Å². The zero-order valence-electron chi connectivity index (χ0n) is 20.2. The van der Waals surface area contributed by atoms with E-state index in [0.29, 0.717) is 41.0 Å². The highest BCUT2D eigenvalue weighted by Crippen LogP contribution is 2.47. The first-order chi connectivity index (χ1) is 16.6. The summed E-state index contributed by atoms with van der Waals surface area (Å²) in [6, 6.07) is 13.2. The maximum atomic E-state index is 13.4. The lowest BCUT2D eigenvalue weighted by atomic mass is 9.68. The summed E-state index contributed by atoms with van der Waals surface area (Å²) in [6.07, 6.45) is 1.01. The van der Waals surface area contributed by atoms with Gasteiger partial charge in [0.1, 0.15) is 12.4 Å². The first-order valence-corrected chi connectivity index (χ1v) is 11.4. The van der Waals surface area contributed by atoms with Crippen molar-refractivity contribution in [3.8, 4) is 5.75 Å². The molecule has 0 saturated heterocycles. The van der Waals surface area contributed by atoms with Gasteiger partial charge in [0.15, 0.2) is 5.78 Å². The van der Waals surface area contributed by atoms with Crippen LogP contribution in [0.1, 0.15) is 50.7 Å². The lowest BCUT2D eigenvalue weighted by molar-refractivity contribution is -0.384. The fourth-order valence-corrected chi connectivity index (χ4v) is 4.78. The van der Waals surface area contributed by atoms with Crippen molar-refractivity contribution in [2.24, 2.45) is 5.41 Å². The Balaban J connectivity index is 1.70.